The van der Waals surface area contributed by atoms with E-state index in [2.05, 4.69) is 20.8 Å². The third-order valence-electron chi connectivity index (χ3n) is 4.95. The number of anilines is 1. The molecule has 0 bridgehead atoms. The van der Waals surface area contributed by atoms with Crippen LogP contribution < -0.4 is 16.2 Å². The number of hydrogen-bond donors (Lipinski definition) is 2. The average Bonchev–Trinajstić information content (AvgIpc) is 3.41. The number of nitrogens with zero attached hydrogens (tertiary/aromatic N) is 4. The van der Waals surface area contributed by atoms with E-state index in [1.807, 2.05) is 6.07 Å². The Balaban J connectivity index is 1.41. The summed E-state index contributed by atoms with van der Waals surface area (Å²) in [7, 11) is 0. The van der Waals surface area contributed by atoms with E-state index in [0.29, 0.717) is 11.4 Å². The maximum Gasteiger partial charge on any atom is 0.276 e. The Labute approximate surface area is 172 Å². The van der Waals surface area contributed by atoms with Crippen LogP contribution in [0.1, 0.15) is 36.2 Å². The first kappa shape index (κ1) is 19.6. The molecule has 2 amide bonds. The average molecular weight is 406 g/mol. The first-order valence-corrected chi connectivity index (χ1v) is 9.87. The van der Waals surface area contributed by atoms with E-state index in [9.17, 15) is 14.4 Å². The fourth-order valence-corrected chi connectivity index (χ4v) is 3.49. The van der Waals surface area contributed by atoms with E-state index in [0.717, 1.165) is 25.7 Å². The summed E-state index contributed by atoms with van der Waals surface area (Å²) in [6, 6.07) is 11.8. The van der Waals surface area contributed by atoms with Gasteiger partial charge in [0.25, 0.3) is 11.5 Å². The molecule has 4 rings (SSSR count). The minimum Gasteiger partial charge on any atom is -0.352 e. The summed E-state index contributed by atoms with van der Waals surface area (Å²) in [4.78, 5) is 36.8. The summed E-state index contributed by atoms with van der Waals surface area (Å²) in [5.74, 6) is -0.575. The van der Waals surface area contributed by atoms with Crippen LogP contribution in [0.2, 0.25) is 0 Å². The van der Waals surface area contributed by atoms with Crippen LogP contribution in [0, 0.1) is 0 Å². The van der Waals surface area contributed by atoms with Gasteiger partial charge in [-0.3, -0.25) is 19.1 Å². The lowest BCUT2D eigenvalue weighted by Crippen LogP contribution is -2.35. The summed E-state index contributed by atoms with van der Waals surface area (Å²) >= 11 is 0. The maximum atomic E-state index is 12.6. The lowest BCUT2D eigenvalue weighted by Gasteiger charge is -2.11. The van der Waals surface area contributed by atoms with Crippen molar-refractivity contribution in [1.82, 2.24) is 24.9 Å². The first-order chi connectivity index (χ1) is 14.6. The Morgan fingerprint density at radius 1 is 1.07 bits per heavy atom. The van der Waals surface area contributed by atoms with Crippen molar-refractivity contribution in [3.63, 3.8) is 0 Å². The van der Waals surface area contributed by atoms with Crippen LogP contribution in [0.25, 0.3) is 5.69 Å². The molecule has 0 unspecified atom stereocenters. The van der Waals surface area contributed by atoms with Gasteiger partial charge < -0.3 is 10.6 Å². The molecule has 2 N–H and O–H groups in total. The molecule has 1 aliphatic carbocycles. The number of hydrogen-bond acceptors (Lipinski definition) is 5. The minimum atomic E-state index is -0.477. The van der Waals surface area contributed by atoms with Gasteiger partial charge in [-0.25, -0.2) is 0 Å². The minimum absolute atomic E-state index is 0.0868. The molecule has 2 aromatic heterocycles. The molecule has 9 nitrogen and oxygen atoms in total. The number of carbonyl (C=O) groups is 2. The second-order valence-corrected chi connectivity index (χ2v) is 7.23. The number of rotatable bonds is 6. The number of para-hydroxylation sites is 1. The lowest BCUT2D eigenvalue weighted by atomic mass is 10.2. The van der Waals surface area contributed by atoms with Crippen LogP contribution in [0.4, 0.5) is 5.69 Å². The van der Waals surface area contributed by atoms with Gasteiger partial charge in [-0.05, 0) is 31.0 Å². The van der Waals surface area contributed by atoms with Crippen molar-refractivity contribution in [2.75, 3.05) is 5.32 Å². The molecule has 0 atom stereocenters. The third kappa shape index (κ3) is 4.62. The van der Waals surface area contributed by atoms with Gasteiger partial charge in [0.2, 0.25) is 5.91 Å². The highest BCUT2D eigenvalue weighted by molar-refractivity contribution is 6.02. The van der Waals surface area contributed by atoms with E-state index < -0.39 is 5.91 Å². The molecule has 0 spiro atoms. The molecular weight excluding hydrogens is 384 g/mol. The summed E-state index contributed by atoms with van der Waals surface area (Å²) in [6.45, 7) is 0.0868. The highest BCUT2D eigenvalue weighted by atomic mass is 16.2. The fourth-order valence-electron chi connectivity index (χ4n) is 3.49. The maximum absolute atomic E-state index is 12.6. The molecule has 3 aromatic rings. The molecule has 0 radical (unpaired) electrons. The van der Waals surface area contributed by atoms with Crippen LogP contribution in [-0.2, 0) is 11.3 Å². The molecule has 1 aromatic carbocycles. The quantitative estimate of drug-likeness (QED) is 0.648. The highest BCUT2D eigenvalue weighted by Gasteiger charge is 2.18. The molecule has 30 heavy (non-hydrogen) atoms. The standard InChI is InChI=1S/C21H22N6O3/c28-19(23-15-6-4-5-7-15)14-26-13-16(12-22-26)24-21(30)18-10-11-20(29)27(25-18)17-8-2-1-3-9-17/h1-3,8-13,15H,4-7,14H2,(H,23,28)(H,24,30). The van der Waals surface area contributed by atoms with Crippen molar-refractivity contribution in [3.05, 3.63) is 70.9 Å². The van der Waals surface area contributed by atoms with Gasteiger partial charge in [-0.15, -0.1) is 0 Å². The van der Waals surface area contributed by atoms with Gasteiger partial charge in [0.15, 0.2) is 0 Å². The Bertz CT molecular complexity index is 1100. The van der Waals surface area contributed by atoms with Gasteiger partial charge >= 0.3 is 0 Å². The van der Waals surface area contributed by atoms with Crippen LogP contribution in [0.3, 0.4) is 0 Å². The van der Waals surface area contributed by atoms with Crippen molar-refractivity contribution in [1.29, 1.82) is 0 Å². The van der Waals surface area contributed by atoms with Gasteiger partial charge in [0.05, 0.1) is 17.6 Å². The number of nitrogens with one attached hydrogen (secondary N) is 2. The van der Waals surface area contributed by atoms with Crippen LogP contribution in [0.5, 0.6) is 0 Å². The van der Waals surface area contributed by atoms with E-state index in [1.54, 1.807) is 30.5 Å². The zero-order chi connectivity index (χ0) is 20.9. The molecule has 9 heteroatoms. The third-order valence-corrected chi connectivity index (χ3v) is 4.95. The molecule has 2 heterocycles. The molecule has 0 aliphatic heterocycles. The predicted molar refractivity (Wildman–Crippen MR) is 110 cm³/mol. The zero-order valence-electron chi connectivity index (χ0n) is 16.3. The molecule has 1 aliphatic rings. The first-order valence-electron chi connectivity index (χ1n) is 9.87. The van der Waals surface area contributed by atoms with Crippen molar-refractivity contribution < 1.29 is 9.59 Å². The van der Waals surface area contributed by atoms with E-state index >= 15 is 0 Å². The summed E-state index contributed by atoms with van der Waals surface area (Å²) < 4.78 is 2.64. The van der Waals surface area contributed by atoms with Crippen molar-refractivity contribution in [3.8, 4) is 5.69 Å². The Kier molecular flexibility index (Phi) is 5.69. The fraction of sp³-hybridized carbons (Fsp3) is 0.286. The Hall–Kier alpha value is -3.75. The smallest absolute Gasteiger partial charge is 0.276 e. The van der Waals surface area contributed by atoms with Crippen molar-refractivity contribution >= 4 is 17.5 Å². The zero-order valence-corrected chi connectivity index (χ0v) is 16.3. The normalized spacial score (nSPS) is 13.9. The molecule has 1 saturated carbocycles. The number of aromatic nitrogens is 4. The number of carbonyl (C=O) groups excluding carboxylic acids is 2. The van der Waals surface area contributed by atoms with Crippen LogP contribution in [0.15, 0.2) is 59.7 Å². The predicted octanol–water partition coefficient (Wildman–Crippen LogP) is 1.74. The highest BCUT2D eigenvalue weighted by Crippen LogP contribution is 2.17. The topological polar surface area (TPSA) is 111 Å². The van der Waals surface area contributed by atoms with Gasteiger partial charge in [-0.1, -0.05) is 31.0 Å². The van der Waals surface area contributed by atoms with Gasteiger partial charge in [0.1, 0.15) is 12.2 Å². The largest absolute Gasteiger partial charge is 0.352 e. The van der Waals surface area contributed by atoms with Crippen LogP contribution >= 0.6 is 0 Å². The number of amides is 2. The second kappa shape index (κ2) is 8.73. The summed E-state index contributed by atoms with van der Waals surface area (Å²) in [5.41, 5.74) is 0.759. The van der Waals surface area contributed by atoms with Crippen molar-refractivity contribution in [2.45, 2.75) is 38.3 Å². The monoisotopic (exact) mass is 406 g/mol. The lowest BCUT2D eigenvalue weighted by molar-refractivity contribution is -0.122. The number of benzene rings is 1. The van der Waals surface area contributed by atoms with Crippen molar-refractivity contribution in [2.24, 2.45) is 0 Å². The van der Waals surface area contributed by atoms with Gasteiger partial charge in [-0.2, -0.15) is 14.9 Å². The van der Waals surface area contributed by atoms with E-state index in [4.69, 9.17) is 0 Å². The van der Waals surface area contributed by atoms with Crippen LogP contribution in [-0.4, -0.2) is 37.4 Å². The van der Waals surface area contributed by atoms with E-state index in [1.165, 1.54) is 27.7 Å². The van der Waals surface area contributed by atoms with Gasteiger partial charge in [0, 0.05) is 18.3 Å². The van der Waals surface area contributed by atoms with E-state index in [-0.39, 0.29) is 29.7 Å². The summed E-state index contributed by atoms with van der Waals surface area (Å²) in [5, 5.41) is 14.0. The SMILES string of the molecule is O=C(Cn1cc(NC(=O)c2ccc(=O)n(-c3ccccc3)n2)cn1)NC1CCCC1. The Morgan fingerprint density at radius 2 is 1.83 bits per heavy atom. The Morgan fingerprint density at radius 3 is 2.60 bits per heavy atom. The molecular formula is C21H22N6O3. The molecule has 0 saturated heterocycles. The summed E-state index contributed by atoms with van der Waals surface area (Å²) in [6.07, 6.45) is 7.38. The second-order valence-electron chi connectivity index (χ2n) is 7.23. The molecule has 1 fully saturated rings. The molecule has 154 valence electrons.